The molecule has 1 aromatic carbocycles. The summed E-state index contributed by atoms with van der Waals surface area (Å²) in [6.45, 7) is 0. The molecule has 0 saturated heterocycles. The number of carbonyl (C=O) groups is 1. The van der Waals surface area contributed by atoms with Gasteiger partial charge >= 0.3 is 5.97 Å². The smallest absolute Gasteiger partial charge is 0.308 e. The van der Waals surface area contributed by atoms with Crippen LogP contribution in [0.25, 0.3) is 0 Å². The van der Waals surface area contributed by atoms with E-state index in [1.165, 1.54) is 19.2 Å². The number of ether oxygens (including phenoxy) is 1. The highest BCUT2D eigenvalue weighted by atomic mass is 35.5. The molecule has 0 spiro atoms. The van der Waals surface area contributed by atoms with Gasteiger partial charge in [-0.15, -0.1) is 0 Å². The minimum absolute atomic E-state index is 0.0150. The molecule has 17 heavy (non-hydrogen) atoms. The lowest BCUT2D eigenvalue weighted by Crippen LogP contribution is -2.45. The zero-order valence-electron chi connectivity index (χ0n) is 9.24. The monoisotopic (exact) mass is 258 g/mol. The van der Waals surface area contributed by atoms with Crippen LogP contribution in [-0.4, -0.2) is 18.2 Å². The lowest BCUT2D eigenvalue weighted by atomic mass is 9.67. The van der Waals surface area contributed by atoms with Crippen molar-refractivity contribution in [3.8, 4) is 0 Å². The predicted molar refractivity (Wildman–Crippen MR) is 60.0 cm³/mol. The third kappa shape index (κ3) is 2.15. The molecule has 92 valence electrons. The summed E-state index contributed by atoms with van der Waals surface area (Å²) in [7, 11) is 1.31. The molecule has 0 aliphatic heterocycles. The summed E-state index contributed by atoms with van der Waals surface area (Å²) in [4.78, 5) is 11.2. The van der Waals surface area contributed by atoms with Crippen molar-refractivity contribution in [3.63, 3.8) is 0 Å². The Hall–Kier alpha value is -1.13. The number of benzene rings is 1. The van der Waals surface area contributed by atoms with Crippen molar-refractivity contribution >= 4 is 17.6 Å². The van der Waals surface area contributed by atoms with Gasteiger partial charge in [0.15, 0.2) is 0 Å². The molecule has 1 aliphatic carbocycles. The highest BCUT2D eigenvalue weighted by Crippen LogP contribution is 2.46. The van der Waals surface area contributed by atoms with Crippen molar-refractivity contribution in [2.24, 2.45) is 5.92 Å². The van der Waals surface area contributed by atoms with E-state index in [1.54, 1.807) is 6.07 Å². The Balaban J connectivity index is 2.14. The SMILES string of the molecule is COC(=O)C1CC(O)(c2ccc(Cl)c(F)c2)C1. The molecule has 0 bridgehead atoms. The quantitative estimate of drug-likeness (QED) is 0.828. The average Bonchev–Trinajstić information content (AvgIpc) is 2.27. The molecule has 1 aliphatic rings. The molecular weight excluding hydrogens is 247 g/mol. The van der Waals surface area contributed by atoms with Crippen molar-refractivity contribution in [3.05, 3.63) is 34.6 Å². The average molecular weight is 259 g/mol. The summed E-state index contributed by atoms with van der Waals surface area (Å²) in [5.41, 5.74) is -0.704. The molecule has 0 unspecified atom stereocenters. The second-order valence-corrected chi connectivity index (χ2v) is 4.70. The van der Waals surface area contributed by atoms with Crippen LogP contribution in [0.1, 0.15) is 18.4 Å². The number of esters is 1. The van der Waals surface area contributed by atoms with Crippen LogP contribution in [0.3, 0.4) is 0 Å². The fourth-order valence-corrected chi connectivity index (χ4v) is 2.23. The zero-order chi connectivity index (χ0) is 12.6. The van der Waals surface area contributed by atoms with Gasteiger partial charge in [0.05, 0.1) is 23.7 Å². The first-order valence-electron chi connectivity index (χ1n) is 5.22. The topological polar surface area (TPSA) is 46.5 Å². The predicted octanol–water partition coefficient (Wildman–Crippen LogP) is 2.25. The normalized spacial score (nSPS) is 27.4. The molecule has 5 heteroatoms. The first kappa shape index (κ1) is 12.3. The Morgan fingerprint density at radius 3 is 2.76 bits per heavy atom. The van der Waals surface area contributed by atoms with Crippen LogP contribution in [0, 0.1) is 11.7 Å². The van der Waals surface area contributed by atoms with Gasteiger partial charge in [-0.3, -0.25) is 4.79 Å². The molecule has 0 atom stereocenters. The van der Waals surface area contributed by atoms with Crippen molar-refractivity contribution in [1.82, 2.24) is 0 Å². The van der Waals surface area contributed by atoms with E-state index < -0.39 is 11.4 Å². The van der Waals surface area contributed by atoms with Crippen LogP contribution in [0.15, 0.2) is 18.2 Å². The highest BCUT2D eigenvalue weighted by Gasteiger charge is 2.48. The summed E-state index contributed by atoms with van der Waals surface area (Å²) in [6, 6.07) is 4.17. The lowest BCUT2D eigenvalue weighted by molar-refractivity contribution is -0.163. The van der Waals surface area contributed by atoms with Crippen LogP contribution < -0.4 is 0 Å². The Morgan fingerprint density at radius 1 is 1.59 bits per heavy atom. The van der Waals surface area contributed by atoms with E-state index in [0.717, 1.165) is 0 Å². The van der Waals surface area contributed by atoms with Gasteiger partial charge in [0.2, 0.25) is 0 Å². The molecule has 1 N–H and O–H groups in total. The van der Waals surface area contributed by atoms with Crippen LogP contribution in [-0.2, 0) is 15.1 Å². The van der Waals surface area contributed by atoms with Gasteiger partial charge in [-0.05, 0) is 30.5 Å². The minimum atomic E-state index is -1.15. The fourth-order valence-electron chi connectivity index (χ4n) is 2.11. The standard InChI is InChI=1S/C12H12ClFO3/c1-17-11(15)7-5-12(16,6-7)8-2-3-9(13)10(14)4-8/h2-4,7,16H,5-6H2,1H3. The third-order valence-corrected chi connectivity index (χ3v) is 3.47. The molecule has 1 saturated carbocycles. The van der Waals surface area contributed by atoms with Crippen LogP contribution in [0.2, 0.25) is 5.02 Å². The number of aliphatic hydroxyl groups is 1. The van der Waals surface area contributed by atoms with E-state index in [9.17, 15) is 14.3 Å². The molecule has 1 fully saturated rings. The first-order valence-corrected chi connectivity index (χ1v) is 5.60. The van der Waals surface area contributed by atoms with E-state index in [4.69, 9.17) is 11.6 Å². The van der Waals surface area contributed by atoms with E-state index in [0.29, 0.717) is 5.56 Å². The van der Waals surface area contributed by atoms with Crippen LogP contribution in [0.4, 0.5) is 4.39 Å². The molecule has 2 rings (SSSR count). The Kier molecular flexibility index (Phi) is 3.10. The van der Waals surface area contributed by atoms with Crippen molar-refractivity contribution < 1.29 is 19.0 Å². The van der Waals surface area contributed by atoms with Gasteiger partial charge in [-0.25, -0.2) is 4.39 Å². The minimum Gasteiger partial charge on any atom is -0.469 e. The third-order valence-electron chi connectivity index (χ3n) is 3.16. The van der Waals surface area contributed by atoms with Gasteiger partial charge in [-0.1, -0.05) is 17.7 Å². The summed E-state index contributed by atoms with van der Waals surface area (Å²) < 4.78 is 17.8. The number of rotatable bonds is 2. The maximum Gasteiger partial charge on any atom is 0.308 e. The van der Waals surface area contributed by atoms with E-state index in [1.807, 2.05) is 0 Å². The summed E-state index contributed by atoms with van der Waals surface area (Å²) in [5, 5.41) is 10.2. The van der Waals surface area contributed by atoms with Gasteiger partial charge in [0.1, 0.15) is 5.82 Å². The van der Waals surface area contributed by atoms with E-state index >= 15 is 0 Å². The highest BCUT2D eigenvalue weighted by molar-refractivity contribution is 6.30. The molecule has 0 aromatic heterocycles. The van der Waals surface area contributed by atoms with Crippen LogP contribution in [0.5, 0.6) is 0 Å². The number of hydrogen-bond acceptors (Lipinski definition) is 3. The number of carbonyl (C=O) groups excluding carboxylic acids is 1. The zero-order valence-corrected chi connectivity index (χ0v) is 10.00. The second-order valence-electron chi connectivity index (χ2n) is 4.29. The van der Waals surface area contributed by atoms with E-state index in [2.05, 4.69) is 4.74 Å². The Labute approximate surface area is 103 Å². The molecule has 1 aromatic rings. The maximum atomic E-state index is 13.3. The number of methoxy groups -OCH3 is 1. The fraction of sp³-hybridized carbons (Fsp3) is 0.417. The molecular formula is C12H12ClFO3. The molecule has 0 amide bonds. The largest absolute Gasteiger partial charge is 0.469 e. The van der Waals surface area contributed by atoms with Crippen LogP contribution >= 0.6 is 11.6 Å². The second kappa shape index (κ2) is 4.27. The maximum absolute atomic E-state index is 13.3. The van der Waals surface area contributed by atoms with Gasteiger partial charge < -0.3 is 9.84 Å². The summed E-state index contributed by atoms with van der Waals surface area (Å²) in [6.07, 6.45) is 0.501. The van der Waals surface area contributed by atoms with Crippen molar-refractivity contribution in [2.45, 2.75) is 18.4 Å². The van der Waals surface area contributed by atoms with E-state index in [-0.39, 0.29) is 29.8 Å². The number of halogens is 2. The van der Waals surface area contributed by atoms with Gasteiger partial charge in [0.25, 0.3) is 0 Å². The van der Waals surface area contributed by atoms with Gasteiger partial charge in [0, 0.05) is 0 Å². The Bertz CT molecular complexity index is 455. The van der Waals surface area contributed by atoms with Gasteiger partial charge in [-0.2, -0.15) is 0 Å². The Morgan fingerprint density at radius 2 is 2.24 bits per heavy atom. The molecule has 0 radical (unpaired) electrons. The molecule has 0 heterocycles. The van der Waals surface area contributed by atoms with Crippen molar-refractivity contribution in [2.75, 3.05) is 7.11 Å². The number of hydrogen-bond donors (Lipinski definition) is 1. The molecule has 3 nitrogen and oxygen atoms in total. The first-order chi connectivity index (χ1) is 7.96. The van der Waals surface area contributed by atoms with Crippen molar-refractivity contribution in [1.29, 1.82) is 0 Å². The summed E-state index contributed by atoms with van der Waals surface area (Å²) in [5.74, 6) is -1.23. The summed E-state index contributed by atoms with van der Waals surface area (Å²) >= 11 is 5.56. The lowest BCUT2D eigenvalue weighted by Gasteiger charge is -2.42.